The van der Waals surface area contributed by atoms with Crippen LogP contribution in [0, 0.1) is 0 Å². The van der Waals surface area contributed by atoms with Crippen LogP contribution < -0.4 is 9.64 Å². The summed E-state index contributed by atoms with van der Waals surface area (Å²) in [5.41, 5.74) is 1.04. The van der Waals surface area contributed by atoms with Gasteiger partial charge in [-0.3, -0.25) is 9.69 Å². The highest BCUT2D eigenvalue weighted by Crippen LogP contribution is 2.36. The summed E-state index contributed by atoms with van der Waals surface area (Å²) >= 11 is 13.6. The van der Waals surface area contributed by atoms with E-state index in [9.17, 15) is 4.79 Å². The van der Waals surface area contributed by atoms with Crippen molar-refractivity contribution in [2.45, 2.75) is 6.54 Å². The number of para-hydroxylation sites is 1. The van der Waals surface area contributed by atoms with E-state index in [4.69, 9.17) is 32.4 Å². The monoisotopic (exact) mass is 432 g/mol. The molecule has 0 unspecified atom stereocenters. The number of fused-ring (bicyclic) bond motifs is 1. The van der Waals surface area contributed by atoms with Gasteiger partial charge in [0.2, 0.25) is 0 Å². The molecule has 142 valence electrons. The Kier molecular flexibility index (Phi) is 5.26. The minimum atomic E-state index is -0.295. The van der Waals surface area contributed by atoms with Gasteiger partial charge in [-0.05, 0) is 42.5 Å². The third kappa shape index (κ3) is 3.58. The van der Waals surface area contributed by atoms with Crippen LogP contribution in [0.3, 0.4) is 0 Å². The lowest BCUT2D eigenvalue weighted by Gasteiger charge is -2.19. The summed E-state index contributed by atoms with van der Waals surface area (Å²) < 4.78 is 11.7. The second-order valence-corrected chi connectivity index (χ2v) is 7.75. The Hall–Kier alpha value is -2.54. The van der Waals surface area contributed by atoms with Gasteiger partial charge in [-0.15, -0.1) is 0 Å². The van der Waals surface area contributed by atoms with Crippen LogP contribution in [0.5, 0.6) is 5.75 Å². The normalized spacial score (nSPS) is 11.0. The number of anilines is 1. The number of nitrogens with zero attached hydrogens (tertiary/aromatic N) is 2. The molecule has 0 aliphatic carbocycles. The van der Waals surface area contributed by atoms with Gasteiger partial charge in [0.05, 0.1) is 35.2 Å². The zero-order valence-corrected chi connectivity index (χ0v) is 17.0. The third-order valence-corrected chi connectivity index (χ3v) is 5.71. The second-order valence-electron chi connectivity index (χ2n) is 5.90. The van der Waals surface area contributed by atoms with Crippen molar-refractivity contribution >= 4 is 55.8 Å². The van der Waals surface area contributed by atoms with Crippen LogP contribution in [0.1, 0.15) is 16.1 Å². The molecule has 2 aromatic carbocycles. The fraction of sp³-hybridized carbons (Fsp3) is 0.100. The van der Waals surface area contributed by atoms with Gasteiger partial charge in [0.25, 0.3) is 5.91 Å². The lowest BCUT2D eigenvalue weighted by Crippen LogP contribution is -2.30. The van der Waals surface area contributed by atoms with Gasteiger partial charge < -0.3 is 9.15 Å². The molecule has 0 bridgehead atoms. The van der Waals surface area contributed by atoms with Gasteiger partial charge in [-0.1, -0.05) is 40.6 Å². The van der Waals surface area contributed by atoms with Crippen LogP contribution in [-0.2, 0) is 6.54 Å². The highest BCUT2D eigenvalue weighted by Gasteiger charge is 2.25. The second kappa shape index (κ2) is 7.83. The number of furan rings is 1. The Morgan fingerprint density at radius 1 is 1.21 bits per heavy atom. The Labute approximate surface area is 175 Å². The maximum absolute atomic E-state index is 13.3. The Bertz CT molecular complexity index is 1140. The standard InChI is InChI=1S/C20H14Cl2N2O3S/c1-26-16-5-2-6-17-18(16)23-20(28-17)24(11-13-4-3-9-27-13)19(25)14-8-7-12(21)10-15(14)22/h2-10H,11H2,1H3. The summed E-state index contributed by atoms with van der Waals surface area (Å²) in [6.45, 7) is 0.215. The van der Waals surface area contributed by atoms with Gasteiger partial charge in [-0.2, -0.15) is 0 Å². The first kappa shape index (κ1) is 18.8. The SMILES string of the molecule is COc1cccc2sc(N(Cc3ccco3)C(=O)c3ccc(Cl)cc3Cl)nc12. The van der Waals surface area contributed by atoms with Crippen molar-refractivity contribution in [2.24, 2.45) is 0 Å². The molecule has 2 heterocycles. The quantitative estimate of drug-likeness (QED) is 0.384. The highest BCUT2D eigenvalue weighted by atomic mass is 35.5. The van der Waals surface area contributed by atoms with E-state index in [0.29, 0.717) is 32.7 Å². The molecule has 28 heavy (non-hydrogen) atoms. The molecule has 1 amide bonds. The molecule has 0 saturated heterocycles. The summed E-state index contributed by atoms with van der Waals surface area (Å²) in [5.74, 6) is 0.982. The van der Waals surface area contributed by atoms with E-state index in [1.54, 1.807) is 43.7 Å². The highest BCUT2D eigenvalue weighted by molar-refractivity contribution is 7.22. The molecular weight excluding hydrogens is 419 g/mol. The molecule has 0 spiro atoms. The molecule has 0 fully saturated rings. The number of ether oxygens (including phenoxy) is 1. The van der Waals surface area contributed by atoms with Crippen molar-refractivity contribution in [1.29, 1.82) is 0 Å². The number of halogens is 2. The average Bonchev–Trinajstić information content (AvgIpc) is 3.34. The van der Waals surface area contributed by atoms with Crippen molar-refractivity contribution in [3.05, 3.63) is 76.2 Å². The summed E-state index contributed by atoms with van der Waals surface area (Å²) in [6.07, 6.45) is 1.56. The first-order valence-corrected chi connectivity index (χ1v) is 9.87. The van der Waals surface area contributed by atoms with Gasteiger partial charge in [-0.25, -0.2) is 4.98 Å². The van der Waals surface area contributed by atoms with Crippen LogP contribution in [0.2, 0.25) is 10.0 Å². The molecule has 4 aromatic rings. The van der Waals surface area contributed by atoms with Crippen molar-refractivity contribution in [1.82, 2.24) is 4.98 Å². The smallest absolute Gasteiger partial charge is 0.262 e. The predicted octanol–water partition coefficient (Wildman–Crippen LogP) is 6.05. The van der Waals surface area contributed by atoms with E-state index in [1.807, 2.05) is 18.2 Å². The van der Waals surface area contributed by atoms with Gasteiger partial charge >= 0.3 is 0 Å². The number of methoxy groups -OCH3 is 1. The topological polar surface area (TPSA) is 55.6 Å². The van der Waals surface area contributed by atoms with Crippen molar-refractivity contribution in [3.8, 4) is 5.75 Å². The summed E-state index contributed by atoms with van der Waals surface area (Å²) in [6, 6.07) is 14.0. The first-order valence-electron chi connectivity index (χ1n) is 8.29. The van der Waals surface area contributed by atoms with Crippen LogP contribution >= 0.6 is 34.5 Å². The van der Waals surface area contributed by atoms with Gasteiger partial charge in [0.15, 0.2) is 5.13 Å². The number of carbonyl (C=O) groups is 1. The summed E-state index contributed by atoms with van der Waals surface area (Å²) in [5, 5.41) is 1.26. The molecule has 5 nitrogen and oxygen atoms in total. The molecule has 0 aliphatic rings. The Morgan fingerprint density at radius 3 is 2.79 bits per heavy atom. The van der Waals surface area contributed by atoms with E-state index in [2.05, 4.69) is 4.98 Å². The van der Waals surface area contributed by atoms with Crippen molar-refractivity contribution in [3.63, 3.8) is 0 Å². The maximum atomic E-state index is 13.3. The fourth-order valence-electron chi connectivity index (χ4n) is 2.78. The van der Waals surface area contributed by atoms with Gasteiger partial charge in [0.1, 0.15) is 17.0 Å². The fourth-order valence-corrected chi connectivity index (χ4v) is 4.25. The number of thiazole rings is 1. The largest absolute Gasteiger partial charge is 0.494 e. The lowest BCUT2D eigenvalue weighted by atomic mass is 10.2. The molecule has 2 aromatic heterocycles. The summed E-state index contributed by atoms with van der Waals surface area (Å²) in [4.78, 5) is 19.5. The summed E-state index contributed by atoms with van der Waals surface area (Å²) in [7, 11) is 1.59. The number of hydrogen-bond acceptors (Lipinski definition) is 5. The zero-order valence-electron chi connectivity index (χ0n) is 14.7. The van der Waals surface area contributed by atoms with E-state index in [0.717, 1.165) is 4.70 Å². The number of amides is 1. The third-order valence-electron chi connectivity index (χ3n) is 4.12. The molecule has 0 N–H and O–H groups in total. The van der Waals surface area contributed by atoms with E-state index in [1.165, 1.54) is 16.2 Å². The predicted molar refractivity (Wildman–Crippen MR) is 112 cm³/mol. The maximum Gasteiger partial charge on any atom is 0.262 e. The minimum Gasteiger partial charge on any atom is -0.494 e. The van der Waals surface area contributed by atoms with Crippen LogP contribution in [-0.4, -0.2) is 18.0 Å². The molecule has 0 saturated carbocycles. The molecule has 0 atom stereocenters. The minimum absolute atomic E-state index is 0.215. The number of hydrogen-bond donors (Lipinski definition) is 0. The molecule has 4 rings (SSSR count). The molecule has 0 aliphatic heterocycles. The van der Waals surface area contributed by atoms with Crippen molar-refractivity contribution < 1.29 is 13.9 Å². The number of rotatable bonds is 5. The number of carbonyl (C=O) groups excluding carboxylic acids is 1. The Morgan fingerprint density at radius 2 is 2.07 bits per heavy atom. The average molecular weight is 433 g/mol. The van der Waals surface area contributed by atoms with E-state index >= 15 is 0 Å². The Balaban J connectivity index is 1.80. The molecule has 8 heteroatoms. The van der Waals surface area contributed by atoms with Gasteiger partial charge in [0, 0.05) is 5.02 Å². The number of aromatic nitrogens is 1. The first-order chi connectivity index (χ1) is 13.6. The van der Waals surface area contributed by atoms with E-state index in [-0.39, 0.29) is 17.5 Å². The van der Waals surface area contributed by atoms with Crippen LogP contribution in [0.15, 0.2) is 59.2 Å². The van der Waals surface area contributed by atoms with Crippen molar-refractivity contribution in [2.75, 3.05) is 12.0 Å². The van der Waals surface area contributed by atoms with Crippen LogP contribution in [0.25, 0.3) is 10.2 Å². The lowest BCUT2D eigenvalue weighted by molar-refractivity contribution is 0.0983. The molecular formula is C20H14Cl2N2O3S. The zero-order chi connectivity index (χ0) is 19.7. The molecule has 0 radical (unpaired) electrons. The number of benzene rings is 2. The van der Waals surface area contributed by atoms with Crippen LogP contribution in [0.4, 0.5) is 5.13 Å². The van der Waals surface area contributed by atoms with E-state index < -0.39 is 0 Å².